The van der Waals surface area contributed by atoms with Crippen molar-refractivity contribution in [3.05, 3.63) is 148 Å². The molecule has 5 heteroatoms. The smallest absolute Gasteiger partial charge is 0.297 e. The van der Waals surface area contributed by atoms with Gasteiger partial charge >= 0.3 is 0 Å². The fourth-order valence-electron chi connectivity index (χ4n) is 10.9. The summed E-state index contributed by atoms with van der Waals surface area (Å²) in [6.07, 6.45) is 2.21. The van der Waals surface area contributed by atoms with Gasteiger partial charge in [0.05, 0.1) is 17.0 Å². The normalized spacial score (nSPS) is 16.4. The van der Waals surface area contributed by atoms with Crippen LogP contribution in [0.2, 0.25) is 0 Å². The predicted molar refractivity (Wildman–Crippen MR) is 272 cm³/mol. The van der Waals surface area contributed by atoms with Gasteiger partial charge in [-0.3, -0.25) is 0 Å². The zero-order valence-electron chi connectivity index (χ0n) is 40.6. The van der Waals surface area contributed by atoms with Crippen LogP contribution in [0.25, 0.3) is 22.1 Å². The Labute approximate surface area is 381 Å². The van der Waals surface area contributed by atoms with Crippen LogP contribution < -0.4 is 26.4 Å². The van der Waals surface area contributed by atoms with E-state index in [1.165, 1.54) is 33.2 Å². The summed E-state index contributed by atoms with van der Waals surface area (Å²) in [5.74, 6) is -0.226. The molecule has 0 amide bonds. The minimum Gasteiger partial charge on any atom is -0.468 e. The van der Waals surface area contributed by atoms with E-state index in [4.69, 9.17) is 4.42 Å². The zero-order chi connectivity index (χ0) is 45.6. The van der Waals surface area contributed by atoms with Crippen LogP contribution in [0.5, 0.6) is 0 Å². The van der Waals surface area contributed by atoms with Gasteiger partial charge in [0.1, 0.15) is 11.4 Å². The van der Waals surface area contributed by atoms with Crippen molar-refractivity contribution in [2.75, 3.05) is 9.80 Å². The molecule has 3 heterocycles. The number of nitrogens with zero attached hydrogens (tertiary/aromatic N) is 2. The second-order valence-corrected chi connectivity index (χ2v) is 23.6. The Hall–Kier alpha value is -5.55. The van der Waals surface area contributed by atoms with Crippen molar-refractivity contribution in [2.24, 2.45) is 0 Å². The van der Waals surface area contributed by atoms with Gasteiger partial charge in [-0.1, -0.05) is 139 Å². The highest BCUT2D eigenvalue weighted by atomic mass is 19.1. The van der Waals surface area contributed by atoms with Crippen LogP contribution in [0, 0.1) is 12.7 Å². The highest BCUT2D eigenvalue weighted by molar-refractivity contribution is 7.00. The highest BCUT2D eigenvalue weighted by Gasteiger charge is 2.49. The first-order valence-corrected chi connectivity index (χ1v) is 23.4. The molecule has 1 aromatic heterocycles. The maximum atomic E-state index is 16.4. The number of hydrogen-bond acceptors (Lipinski definition) is 3. The molecule has 0 spiro atoms. The van der Waals surface area contributed by atoms with Gasteiger partial charge in [-0.2, -0.15) is 0 Å². The number of aryl methyl sites for hydroxylation is 1. The lowest BCUT2D eigenvalue weighted by atomic mass is 9.35. The monoisotopic (exact) mass is 847 g/mol. The third kappa shape index (κ3) is 6.58. The third-order valence-corrected chi connectivity index (χ3v) is 14.9. The van der Waals surface area contributed by atoms with E-state index in [0.717, 1.165) is 80.3 Å². The van der Waals surface area contributed by atoms with Gasteiger partial charge in [-0.15, -0.1) is 0 Å². The molecule has 3 aliphatic rings. The second kappa shape index (κ2) is 14.0. The van der Waals surface area contributed by atoms with E-state index in [1.807, 2.05) is 12.1 Å². The van der Waals surface area contributed by atoms with Crippen LogP contribution in [0.1, 0.15) is 136 Å². The Morgan fingerprint density at radius 2 is 1.12 bits per heavy atom. The molecule has 0 radical (unpaired) electrons. The average molecular weight is 847 g/mol. The molecule has 10 rings (SSSR count). The molecule has 0 unspecified atom stereocenters. The fourth-order valence-corrected chi connectivity index (χ4v) is 10.9. The standard InChI is InChI=1S/C59H64BFN2O/c1-35-29-49-52-50(30-35)63(47-25-21-37(56(5,6)7)31-41(47)40-17-15-16-18-46(40)61)48-34-44-43(58(11,12)27-28-59(44,13)14)33-45(48)60(52)54-53(42-32-38(57(8,9)10)22-26-51(42)64-54)62(49)39-23-19-36(20-24-39)55(2,3)4/h15-26,29-34H,27-28H2,1-14H3. The summed E-state index contributed by atoms with van der Waals surface area (Å²) in [7, 11) is 0. The largest absolute Gasteiger partial charge is 0.468 e. The molecule has 0 atom stereocenters. The number of hydrogen-bond donors (Lipinski definition) is 0. The molecule has 0 saturated heterocycles. The molecule has 0 fully saturated rings. The summed E-state index contributed by atoms with van der Waals surface area (Å²) in [5.41, 5.74) is 19.7. The van der Waals surface area contributed by atoms with E-state index in [-0.39, 0.29) is 39.6 Å². The van der Waals surface area contributed by atoms with Crippen molar-refractivity contribution < 1.29 is 8.81 Å². The number of furan rings is 1. The number of rotatable bonds is 3. The maximum absolute atomic E-state index is 16.4. The molecular weight excluding hydrogens is 782 g/mol. The zero-order valence-corrected chi connectivity index (χ0v) is 40.6. The van der Waals surface area contributed by atoms with Crippen LogP contribution in [0.4, 0.5) is 38.5 Å². The molecular formula is C59H64BFN2O. The van der Waals surface area contributed by atoms with Gasteiger partial charge in [0.15, 0.2) is 0 Å². The molecule has 0 saturated carbocycles. The van der Waals surface area contributed by atoms with E-state index in [1.54, 1.807) is 12.1 Å². The van der Waals surface area contributed by atoms with Crippen molar-refractivity contribution >= 4 is 68.4 Å². The number of anilines is 6. The van der Waals surface area contributed by atoms with E-state index in [2.05, 4.69) is 192 Å². The number of benzene rings is 6. The quantitative estimate of drug-likeness (QED) is 0.165. The Kier molecular flexibility index (Phi) is 9.26. The van der Waals surface area contributed by atoms with Gasteiger partial charge in [0, 0.05) is 39.3 Å². The van der Waals surface area contributed by atoms with Crippen molar-refractivity contribution in [1.82, 2.24) is 0 Å². The highest BCUT2D eigenvalue weighted by Crippen LogP contribution is 2.53. The molecule has 0 N–H and O–H groups in total. The second-order valence-electron chi connectivity index (χ2n) is 23.6. The van der Waals surface area contributed by atoms with Crippen LogP contribution in [-0.2, 0) is 27.1 Å². The van der Waals surface area contributed by atoms with Crippen LogP contribution in [-0.4, -0.2) is 6.71 Å². The van der Waals surface area contributed by atoms with Gasteiger partial charge in [0.25, 0.3) is 6.71 Å². The first-order valence-electron chi connectivity index (χ1n) is 23.4. The minimum absolute atomic E-state index is 0.00724. The summed E-state index contributed by atoms with van der Waals surface area (Å²) in [4.78, 5) is 4.97. The molecule has 6 aromatic carbocycles. The molecule has 2 aliphatic heterocycles. The molecule has 64 heavy (non-hydrogen) atoms. The van der Waals surface area contributed by atoms with Crippen LogP contribution in [0.15, 0.2) is 114 Å². The first kappa shape index (κ1) is 42.4. The molecule has 7 aromatic rings. The average Bonchev–Trinajstić information content (AvgIpc) is 3.60. The summed E-state index contributed by atoms with van der Waals surface area (Å²) in [5, 5.41) is 1.12. The lowest BCUT2D eigenvalue weighted by Gasteiger charge is -2.47. The SMILES string of the molecule is Cc1cc2c3c(c1)N(c1ccc(C(C)(C)C)cc1)c1c(oc4ccc(C(C)(C)C)cc14)B3c1cc3c(cc1N2c1ccc(C(C)(C)C)cc1-c1ccccc1F)C(C)(C)CCC3(C)C. The van der Waals surface area contributed by atoms with E-state index in [0.29, 0.717) is 5.56 Å². The van der Waals surface area contributed by atoms with Gasteiger partial charge in [-0.25, -0.2) is 4.39 Å². The Balaban J connectivity index is 1.36. The van der Waals surface area contributed by atoms with Crippen LogP contribution in [0.3, 0.4) is 0 Å². The van der Waals surface area contributed by atoms with E-state index in [9.17, 15) is 0 Å². The topological polar surface area (TPSA) is 19.6 Å². The van der Waals surface area contributed by atoms with Gasteiger partial charge in [0.2, 0.25) is 0 Å². The number of halogens is 1. The lowest BCUT2D eigenvalue weighted by molar-refractivity contribution is 0.332. The lowest BCUT2D eigenvalue weighted by Crippen LogP contribution is -2.61. The maximum Gasteiger partial charge on any atom is 0.297 e. The van der Waals surface area contributed by atoms with Crippen molar-refractivity contribution in [2.45, 2.75) is 137 Å². The van der Waals surface area contributed by atoms with Gasteiger partial charge < -0.3 is 14.2 Å². The predicted octanol–water partition coefficient (Wildman–Crippen LogP) is 14.9. The molecule has 3 nitrogen and oxygen atoms in total. The molecule has 326 valence electrons. The molecule has 0 bridgehead atoms. The Morgan fingerprint density at radius 3 is 1.75 bits per heavy atom. The summed E-state index contributed by atoms with van der Waals surface area (Å²) >= 11 is 0. The van der Waals surface area contributed by atoms with E-state index >= 15 is 4.39 Å². The molecule has 1 aliphatic carbocycles. The summed E-state index contributed by atoms with van der Waals surface area (Å²) < 4.78 is 23.7. The van der Waals surface area contributed by atoms with Gasteiger partial charge in [-0.05, 0) is 152 Å². The van der Waals surface area contributed by atoms with Crippen molar-refractivity contribution in [3.8, 4) is 11.1 Å². The van der Waals surface area contributed by atoms with Crippen LogP contribution >= 0.6 is 0 Å². The number of fused-ring (bicyclic) bond motifs is 7. The Morgan fingerprint density at radius 1 is 0.562 bits per heavy atom. The van der Waals surface area contributed by atoms with E-state index < -0.39 is 0 Å². The Bertz CT molecular complexity index is 3040. The summed E-state index contributed by atoms with van der Waals surface area (Å²) in [6.45, 7) is 32.1. The minimum atomic E-state index is -0.226. The third-order valence-electron chi connectivity index (χ3n) is 14.9. The summed E-state index contributed by atoms with van der Waals surface area (Å²) in [6, 6.07) is 39.8. The van der Waals surface area contributed by atoms with Crippen molar-refractivity contribution in [1.29, 1.82) is 0 Å². The fraction of sp³-hybridized carbons (Fsp3) is 0.356. The van der Waals surface area contributed by atoms with Crippen molar-refractivity contribution in [3.63, 3.8) is 0 Å². The first-order chi connectivity index (χ1) is 29.9.